The summed E-state index contributed by atoms with van der Waals surface area (Å²) in [6.45, 7) is 0. The van der Waals surface area contributed by atoms with Gasteiger partial charge in [0.15, 0.2) is 0 Å². The normalized spacial score (nSPS) is 11.3. The van der Waals surface area contributed by atoms with Crippen LogP contribution in [0.2, 0.25) is 0 Å². The molecule has 0 aliphatic rings. The number of nitrogens with one attached hydrogen (secondary N) is 2. The Morgan fingerprint density at radius 1 is 0.651 bits per heavy atom. The van der Waals surface area contributed by atoms with Crippen molar-refractivity contribution < 1.29 is 4.42 Å². The van der Waals surface area contributed by atoms with Crippen LogP contribution in [0, 0.1) is 16.7 Å². The van der Waals surface area contributed by atoms with Gasteiger partial charge in [-0.25, -0.2) is 0 Å². The highest BCUT2D eigenvalue weighted by Gasteiger charge is 2.17. The van der Waals surface area contributed by atoms with E-state index in [1.165, 1.54) is 0 Å². The minimum Gasteiger partial charge on any atom is -0.456 e. The second-order valence-electron chi connectivity index (χ2n) is 10.6. The molecule has 43 heavy (non-hydrogen) atoms. The molecule has 0 saturated heterocycles. The summed E-state index contributed by atoms with van der Waals surface area (Å²) in [6.07, 6.45) is 0. The van der Waals surface area contributed by atoms with Crippen LogP contribution in [-0.2, 0) is 0 Å². The van der Waals surface area contributed by atoms with E-state index in [2.05, 4.69) is 70.6 Å². The van der Waals surface area contributed by atoms with Gasteiger partial charge in [-0.1, -0.05) is 72.8 Å². The molecule has 0 fully saturated rings. The van der Waals surface area contributed by atoms with Crippen molar-refractivity contribution in [3.05, 3.63) is 150 Å². The third-order valence-corrected chi connectivity index (χ3v) is 8.03. The molecule has 0 bridgehead atoms. The van der Waals surface area contributed by atoms with Crippen LogP contribution in [0.25, 0.3) is 49.4 Å². The first kappa shape index (κ1) is 24.7. The first-order valence-electron chi connectivity index (χ1n) is 14.1. The quantitative estimate of drug-likeness (QED) is 0.209. The summed E-state index contributed by atoms with van der Waals surface area (Å²) in [7, 11) is 0. The number of aromatic nitrogens is 1. The summed E-state index contributed by atoms with van der Waals surface area (Å²) in [5.74, 6) is 0. The molecule has 5 heteroatoms. The van der Waals surface area contributed by atoms with Gasteiger partial charge < -0.3 is 14.3 Å². The van der Waals surface area contributed by atoms with Gasteiger partial charge in [-0.15, -0.1) is 0 Å². The minimum absolute atomic E-state index is 0.357. The topological polar surface area (TPSA) is 77.7 Å². The third-order valence-electron chi connectivity index (χ3n) is 8.03. The number of furan rings is 1. The van der Waals surface area contributed by atoms with Crippen molar-refractivity contribution >= 4 is 60.8 Å². The summed E-state index contributed by atoms with van der Waals surface area (Å²) in [6, 6.07) is 46.5. The van der Waals surface area contributed by atoms with Gasteiger partial charge in [0.05, 0.1) is 28.4 Å². The van der Waals surface area contributed by atoms with Crippen LogP contribution in [0.1, 0.15) is 16.7 Å². The molecule has 0 spiro atoms. The fourth-order valence-electron chi connectivity index (χ4n) is 6.05. The number of anilines is 2. The van der Waals surface area contributed by atoms with Crippen LogP contribution < -0.4 is 5.32 Å². The fraction of sp³-hybridized carbons (Fsp3) is 0. The lowest BCUT2D eigenvalue weighted by atomic mass is 9.99. The molecule has 0 radical (unpaired) electrons. The van der Waals surface area contributed by atoms with Crippen LogP contribution in [0.4, 0.5) is 11.4 Å². The number of rotatable bonds is 5. The highest BCUT2D eigenvalue weighted by atomic mass is 16.3. The van der Waals surface area contributed by atoms with E-state index in [1.807, 2.05) is 66.7 Å². The van der Waals surface area contributed by atoms with Crippen molar-refractivity contribution in [3.63, 3.8) is 0 Å². The van der Waals surface area contributed by atoms with Gasteiger partial charge >= 0.3 is 0 Å². The van der Waals surface area contributed by atoms with E-state index in [4.69, 9.17) is 9.83 Å². The predicted molar refractivity (Wildman–Crippen MR) is 175 cm³/mol. The van der Waals surface area contributed by atoms with Crippen molar-refractivity contribution in [2.75, 3.05) is 5.32 Å². The lowest BCUT2D eigenvalue weighted by Gasteiger charge is -2.15. The molecule has 6 aromatic carbocycles. The van der Waals surface area contributed by atoms with E-state index in [1.54, 1.807) is 12.1 Å². The zero-order valence-electron chi connectivity index (χ0n) is 23.0. The number of hydrogen-bond acceptors (Lipinski definition) is 4. The smallest absolute Gasteiger partial charge is 0.136 e. The van der Waals surface area contributed by atoms with E-state index in [0.29, 0.717) is 16.8 Å². The first-order valence-corrected chi connectivity index (χ1v) is 14.1. The van der Waals surface area contributed by atoms with Gasteiger partial charge in [0.25, 0.3) is 0 Å². The van der Waals surface area contributed by atoms with Gasteiger partial charge in [-0.05, 0) is 60.7 Å². The molecule has 2 N–H and O–H groups in total. The molecule has 0 aliphatic carbocycles. The number of nitrogens with zero attached hydrogens (tertiary/aromatic N) is 2. The Kier molecular flexibility index (Phi) is 5.60. The van der Waals surface area contributed by atoms with E-state index >= 15 is 0 Å². The Hall–Kier alpha value is -6.12. The maximum absolute atomic E-state index is 9.35. The molecule has 0 aliphatic heterocycles. The van der Waals surface area contributed by atoms with Crippen molar-refractivity contribution in [2.45, 2.75) is 0 Å². The summed E-state index contributed by atoms with van der Waals surface area (Å²) < 4.78 is 8.54. The molecule has 5 nitrogen and oxygen atoms in total. The number of nitriles is 1. The van der Waals surface area contributed by atoms with Gasteiger partial charge in [-0.2, -0.15) is 5.26 Å². The van der Waals surface area contributed by atoms with Crippen molar-refractivity contribution in [3.8, 4) is 11.8 Å². The lowest BCUT2D eigenvalue weighted by Crippen LogP contribution is -2.06. The highest BCUT2D eigenvalue weighted by Crippen LogP contribution is 2.38. The molecular weight excluding hydrogens is 528 g/mol. The predicted octanol–water partition coefficient (Wildman–Crippen LogP) is 9.71. The number of benzene rings is 6. The van der Waals surface area contributed by atoms with E-state index in [0.717, 1.165) is 66.4 Å². The molecule has 8 rings (SSSR count). The Morgan fingerprint density at radius 2 is 1.44 bits per heavy atom. The Labute approximate surface area is 247 Å². The van der Waals surface area contributed by atoms with E-state index in [-0.39, 0.29) is 0 Å². The van der Waals surface area contributed by atoms with Crippen LogP contribution in [0.3, 0.4) is 0 Å². The number of fused-ring (bicyclic) bond motifs is 6. The summed E-state index contributed by atoms with van der Waals surface area (Å²) in [4.78, 5) is 0. The molecule has 0 unspecified atom stereocenters. The van der Waals surface area contributed by atoms with E-state index < -0.39 is 0 Å². The van der Waals surface area contributed by atoms with E-state index in [9.17, 15) is 5.26 Å². The summed E-state index contributed by atoms with van der Waals surface area (Å²) in [5.41, 5.74) is 9.09. The second kappa shape index (κ2) is 9.76. The zero-order chi connectivity index (χ0) is 28.9. The van der Waals surface area contributed by atoms with Gasteiger partial charge in [0, 0.05) is 49.7 Å². The Balaban J connectivity index is 1.25. The monoisotopic (exact) mass is 552 g/mol. The SMILES string of the molecule is N#Cc1cccc(C(=N)c2ccccc2Nc2cccc(-n3c4ccccc4c4cc5oc6ccccc6c5cc43)c2)c1. The fourth-order valence-corrected chi connectivity index (χ4v) is 6.05. The second-order valence-corrected chi connectivity index (χ2v) is 10.6. The molecule has 0 atom stereocenters. The van der Waals surface area contributed by atoms with Crippen molar-refractivity contribution in [1.29, 1.82) is 10.7 Å². The molecule has 2 aromatic heterocycles. The van der Waals surface area contributed by atoms with Crippen LogP contribution in [0.5, 0.6) is 0 Å². The molecule has 0 amide bonds. The summed E-state index contributed by atoms with van der Waals surface area (Å²) in [5, 5.41) is 26.3. The maximum atomic E-state index is 9.35. The lowest BCUT2D eigenvalue weighted by molar-refractivity contribution is 0.669. The maximum Gasteiger partial charge on any atom is 0.136 e. The Bertz CT molecular complexity index is 2420. The molecule has 202 valence electrons. The van der Waals surface area contributed by atoms with Gasteiger partial charge in [0.2, 0.25) is 0 Å². The average Bonchev–Trinajstić information content (AvgIpc) is 3.58. The molecule has 2 heterocycles. The van der Waals surface area contributed by atoms with Crippen LogP contribution in [-0.4, -0.2) is 10.3 Å². The average molecular weight is 553 g/mol. The van der Waals surface area contributed by atoms with Gasteiger partial charge in [0.1, 0.15) is 11.2 Å². The van der Waals surface area contributed by atoms with Crippen molar-refractivity contribution in [1.82, 2.24) is 4.57 Å². The van der Waals surface area contributed by atoms with Crippen molar-refractivity contribution in [2.24, 2.45) is 0 Å². The largest absolute Gasteiger partial charge is 0.456 e. The molecule has 8 aromatic rings. The highest BCUT2D eigenvalue weighted by molar-refractivity contribution is 6.17. The van der Waals surface area contributed by atoms with Crippen LogP contribution in [0.15, 0.2) is 138 Å². The van der Waals surface area contributed by atoms with Gasteiger partial charge in [-0.3, -0.25) is 5.41 Å². The zero-order valence-corrected chi connectivity index (χ0v) is 23.0. The summed E-state index contributed by atoms with van der Waals surface area (Å²) >= 11 is 0. The number of hydrogen-bond donors (Lipinski definition) is 2. The standard InChI is InChI=1S/C38H24N4O/c39-23-24-9-7-10-25(19-24)38(40)30-15-1-4-16-33(30)41-26-11-8-12-27(20-26)42-34-17-5-2-13-28(34)31-22-37-32(21-35(31)42)29-14-3-6-18-36(29)43-37/h1-22,40-41H. The van der Waals surface area contributed by atoms with Crippen LogP contribution >= 0.6 is 0 Å². The first-order chi connectivity index (χ1) is 21.2. The third kappa shape index (κ3) is 4.05. The number of para-hydroxylation sites is 3. The Morgan fingerprint density at radius 3 is 2.35 bits per heavy atom. The molecular formula is C38H24N4O. The molecule has 0 saturated carbocycles. The minimum atomic E-state index is 0.357.